The fourth-order valence-corrected chi connectivity index (χ4v) is 2.76. The van der Waals surface area contributed by atoms with Gasteiger partial charge in [-0.2, -0.15) is 0 Å². The Bertz CT molecular complexity index is 703. The molecular formula is C18H21N3O3. The third-order valence-electron chi connectivity index (χ3n) is 3.99. The molecule has 0 bridgehead atoms. The second-order valence-corrected chi connectivity index (χ2v) is 5.77. The molecule has 24 heavy (non-hydrogen) atoms. The fraction of sp³-hybridized carbons (Fsp3) is 0.389. The number of nitrogens with zero attached hydrogens (tertiary/aromatic N) is 3. The van der Waals surface area contributed by atoms with Crippen molar-refractivity contribution in [2.75, 3.05) is 26.8 Å². The maximum absolute atomic E-state index is 12.7. The molecule has 0 aliphatic carbocycles. The molecule has 1 aliphatic rings. The Morgan fingerprint density at radius 3 is 2.83 bits per heavy atom. The van der Waals surface area contributed by atoms with E-state index < -0.39 is 0 Å². The molecule has 0 saturated carbocycles. The van der Waals surface area contributed by atoms with Crippen LogP contribution < -0.4 is 0 Å². The average Bonchev–Trinajstić information content (AvgIpc) is 2.62. The van der Waals surface area contributed by atoms with Crippen molar-refractivity contribution in [2.24, 2.45) is 0 Å². The first-order valence-corrected chi connectivity index (χ1v) is 7.95. The highest BCUT2D eigenvalue weighted by atomic mass is 16.5. The van der Waals surface area contributed by atoms with E-state index in [-0.39, 0.29) is 12.0 Å². The summed E-state index contributed by atoms with van der Waals surface area (Å²) in [6.45, 7) is 3.97. The van der Waals surface area contributed by atoms with E-state index in [9.17, 15) is 4.79 Å². The summed E-state index contributed by atoms with van der Waals surface area (Å²) < 4.78 is 10.9. The first kappa shape index (κ1) is 16.5. The van der Waals surface area contributed by atoms with E-state index in [1.807, 2.05) is 42.2 Å². The summed E-state index contributed by atoms with van der Waals surface area (Å²) in [7, 11) is 1.65. The predicted molar refractivity (Wildman–Crippen MR) is 88.5 cm³/mol. The maximum atomic E-state index is 12.7. The Morgan fingerprint density at radius 2 is 2.12 bits per heavy atom. The summed E-state index contributed by atoms with van der Waals surface area (Å²) >= 11 is 0. The van der Waals surface area contributed by atoms with Gasteiger partial charge in [0.25, 0.3) is 5.91 Å². The molecular weight excluding hydrogens is 306 g/mol. The van der Waals surface area contributed by atoms with Crippen molar-refractivity contribution in [3.05, 3.63) is 59.2 Å². The van der Waals surface area contributed by atoms with Crippen LogP contribution in [0.1, 0.15) is 33.5 Å². The summed E-state index contributed by atoms with van der Waals surface area (Å²) in [5, 5.41) is 0. The minimum atomic E-state index is -0.211. The number of hydrogen-bond donors (Lipinski definition) is 0. The highest BCUT2D eigenvalue weighted by molar-refractivity contribution is 5.94. The van der Waals surface area contributed by atoms with Gasteiger partial charge in [0, 0.05) is 25.4 Å². The number of carbonyl (C=O) groups excluding carboxylic acids is 1. The van der Waals surface area contributed by atoms with Gasteiger partial charge in [-0.25, -0.2) is 9.97 Å². The van der Waals surface area contributed by atoms with E-state index in [1.165, 1.54) is 0 Å². The molecule has 6 nitrogen and oxygen atoms in total. The number of ether oxygens (including phenoxy) is 2. The zero-order valence-corrected chi connectivity index (χ0v) is 13.9. The van der Waals surface area contributed by atoms with Gasteiger partial charge in [-0.05, 0) is 30.7 Å². The number of aryl methyl sites for hydroxylation is 1. The lowest BCUT2D eigenvalue weighted by molar-refractivity contribution is -0.0248. The third-order valence-corrected chi connectivity index (χ3v) is 3.99. The Balaban J connectivity index is 1.70. The van der Waals surface area contributed by atoms with Crippen LogP contribution >= 0.6 is 0 Å². The summed E-state index contributed by atoms with van der Waals surface area (Å²) in [4.78, 5) is 23.0. The summed E-state index contributed by atoms with van der Waals surface area (Å²) in [5.74, 6) is 0.714. The van der Waals surface area contributed by atoms with Gasteiger partial charge in [-0.3, -0.25) is 4.79 Å². The molecule has 1 saturated heterocycles. The fourth-order valence-electron chi connectivity index (χ4n) is 2.76. The van der Waals surface area contributed by atoms with Crippen LogP contribution in [-0.4, -0.2) is 47.6 Å². The summed E-state index contributed by atoms with van der Waals surface area (Å²) in [6.07, 6.45) is 1.51. The van der Waals surface area contributed by atoms with E-state index in [4.69, 9.17) is 9.47 Å². The van der Waals surface area contributed by atoms with Crippen molar-refractivity contribution in [3.63, 3.8) is 0 Å². The number of methoxy groups -OCH3 is 1. The second kappa shape index (κ2) is 7.51. The van der Waals surface area contributed by atoms with E-state index in [2.05, 4.69) is 9.97 Å². The number of aromatic nitrogens is 2. The van der Waals surface area contributed by atoms with Crippen LogP contribution in [-0.2, 0) is 16.1 Å². The molecule has 1 amide bonds. The van der Waals surface area contributed by atoms with Gasteiger partial charge < -0.3 is 14.4 Å². The van der Waals surface area contributed by atoms with Crippen molar-refractivity contribution >= 4 is 5.91 Å². The lowest BCUT2D eigenvalue weighted by Gasteiger charge is -2.32. The van der Waals surface area contributed by atoms with E-state index in [0.717, 1.165) is 11.3 Å². The van der Waals surface area contributed by atoms with Crippen LogP contribution in [0.2, 0.25) is 0 Å². The summed E-state index contributed by atoms with van der Waals surface area (Å²) in [6, 6.07) is 9.36. The molecule has 1 aromatic carbocycles. The van der Waals surface area contributed by atoms with Crippen molar-refractivity contribution < 1.29 is 14.3 Å². The number of benzene rings is 1. The Morgan fingerprint density at radius 1 is 1.33 bits per heavy atom. The normalized spacial score (nSPS) is 17.8. The van der Waals surface area contributed by atoms with Crippen molar-refractivity contribution in [2.45, 2.75) is 19.6 Å². The molecule has 6 heteroatoms. The van der Waals surface area contributed by atoms with Gasteiger partial charge in [0.05, 0.1) is 25.5 Å². The Kier molecular flexibility index (Phi) is 5.17. The molecule has 126 valence electrons. The molecule has 1 atom stereocenters. The topological polar surface area (TPSA) is 64.5 Å². The standard InChI is InChI=1S/C18H21N3O3/c1-13-19-8-7-16(20-13)17-11-21(9-10-24-17)18(22)15-5-3-14(4-6-15)12-23-2/h3-8,17H,9-12H2,1-2H3/t17-/m0/s1. The third kappa shape index (κ3) is 3.77. The van der Waals surface area contributed by atoms with Crippen LogP contribution in [0, 0.1) is 6.92 Å². The number of hydrogen-bond acceptors (Lipinski definition) is 5. The van der Waals surface area contributed by atoms with E-state index in [0.29, 0.717) is 37.7 Å². The SMILES string of the molecule is COCc1ccc(C(=O)N2CCO[C@H](c3ccnc(C)n3)C2)cc1. The number of amides is 1. The minimum Gasteiger partial charge on any atom is -0.380 e. The number of rotatable bonds is 4. The largest absolute Gasteiger partial charge is 0.380 e. The highest BCUT2D eigenvalue weighted by Crippen LogP contribution is 2.22. The number of morpholine rings is 1. The Labute approximate surface area is 141 Å². The number of carbonyl (C=O) groups is 1. The first-order valence-electron chi connectivity index (χ1n) is 7.95. The van der Waals surface area contributed by atoms with Gasteiger partial charge in [0.1, 0.15) is 11.9 Å². The van der Waals surface area contributed by atoms with Crippen LogP contribution in [0.4, 0.5) is 0 Å². The highest BCUT2D eigenvalue weighted by Gasteiger charge is 2.27. The van der Waals surface area contributed by atoms with Crippen molar-refractivity contribution in [3.8, 4) is 0 Å². The van der Waals surface area contributed by atoms with Crippen molar-refractivity contribution in [1.29, 1.82) is 0 Å². The quantitative estimate of drug-likeness (QED) is 0.861. The zero-order valence-electron chi connectivity index (χ0n) is 13.9. The van der Waals surface area contributed by atoms with Crippen LogP contribution in [0.25, 0.3) is 0 Å². The first-order chi connectivity index (χ1) is 11.7. The molecule has 0 spiro atoms. The molecule has 0 radical (unpaired) electrons. The minimum absolute atomic E-state index is 0.0121. The van der Waals surface area contributed by atoms with Crippen LogP contribution in [0.15, 0.2) is 36.5 Å². The average molecular weight is 327 g/mol. The lowest BCUT2D eigenvalue weighted by Crippen LogP contribution is -2.42. The van der Waals surface area contributed by atoms with Crippen molar-refractivity contribution in [1.82, 2.24) is 14.9 Å². The molecule has 0 unspecified atom stereocenters. The molecule has 2 heterocycles. The molecule has 1 fully saturated rings. The van der Waals surface area contributed by atoms with Crippen LogP contribution in [0.3, 0.4) is 0 Å². The maximum Gasteiger partial charge on any atom is 0.254 e. The predicted octanol–water partition coefficient (Wildman–Crippen LogP) is 2.15. The smallest absolute Gasteiger partial charge is 0.254 e. The van der Waals surface area contributed by atoms with Gasteiger partial charge in [-0.15, -0.1) is 0 Å². The van der Waals surface area contributed by atoms with Gasteiger partial charge in [0.15, 0.2) is 0 Å². The zero-order chi connectivity index (χ0) is 16.9. The second-order valence-electron chi connectivity index (χ2n) is 5.77. The van der Waals surface area contributed by atoms with Gasteiger partial charge in [-0.1, -0.05) is 12.1 Å². The van der Waals surface area contributed by atoms with Gasteiger partial charge >= 0.3 is 0 Å². The van der Waals surface area contributed by atoms with E-state index >= 15 is 0 Å². The van der Waals surface area contributed by atoms with E-state index in [1.54, 1.807) is 13.3 Å². The molecule has 1 aromatic heterocycles. The Hall–Kier alpha value is -2.31. The lowest BCUT2D eigenvalue weighted by atomic mass is 10.1. The van der Waals surface area contributed by atoms with Gasteiger partial charge in [0.2, 0.25) is 0 Å². The monoisotopic (exact) mass is 327 g/mol. The van der Waals surface area contributed by atoms with Crippen LogP contribution in [0.5, 0.6) is 0 Å². The molecule has 2 aromatic rings. The summed E-state index contributed by atoms with van der Waals surface area (Å²) in [5.41, 5.74) is 2.54. The molecule has 1 aliphatic heterocycles. The molecule has 3 rings (SSSR count). The molecule has 0 N–H and O–H groups in total.